The van der Waals surface area contributed by atoms with E-state index in [0.717, 1.165) is 0 Å². The number of nitrogens with zero attached hydrogens (tertiary/aromatic N) is 1. The summed E-state index contributed by atoms with van der Waals surface area (Å²) in [7, 11) is 0. The summed E-state index contributed by atoms with van der Waals surface area (Å²) in [6, 6.07) is 4.07. The Balaban J connectivity index is 2.05. The minimum Gasteiger partial charge on any atom is -0.462 e. The summed E-state index contributed by atoms with van der Waals surface area (Å²) in [5, 5.41) is 11.9. The fourth-order valence-electron chi connectivity index (χ4n) is 1.59. The van der Waals surface area contributed by atoms with Crippen molar-refractivity contribution in [2.24, 2.45) is 0 Å². The maximum atomic E-state index is 11.9. The highest BCUT2D eigenvalue weighted by Gasteiger charge is 2.16. The number of aromatic nitrogens is 2. The number of carbonyl (C=O) groups is 2. The van der Waals surface area contributed by atoms with Gasteiger partial charge in [-0.1, -0.05) is 23.2 Å². The molecular weight excluding hydrogens is 331 g/mol. The molecule has 0 atom stereocenters. The maximum absolute atomic E-state index is 11.9. The lowest BCUT2D eigenvalue weighted by atomic mass is 10.3. The first-order valence-corrected chi connectivity index (χ1v) is 7.00. The van der Waals surface area contributed by atoms with Crippen LogP contribution in [-0.4, -0.2) is 28.8 Å². The van der Waals surface area contributed by atoms with E-state index in [1.54, 1.807) is 19.1 Å². The molecule has 22 heavy (non-hydrogen) atoms. The number of carbonyl (C=O) groups excluding carboxylic acids is 2. The summed E-state index contributed by atoms with van der Waals surface area (Å²) in [5.74, 6) is -0.447. The van der Waals surface area contributed by atoms with Gasteiger partial charge in [0.15, 0.2) is 0 Å². The van der Waals surface area contributed by atoms with Crippen LogP contribution < -0.4 is 10.6 Å². The van der Waals surface area contributed by atoms with Gasteiger partial charge in [-0.05, 0) is 25.1 Å². The van der Waals surface area contributed by atoms with Gasteiger partial charge in [0.2, 0.25) is 0 Å². The molecule has 0 saturated heterocycles. The topological polar surface area (TPSA) is 96.1 Å². The van der Waals surface area contributed by atoms with E-state index >= 15 is 0 Å². The number of H-pyrrole nitrogens is 1. The predicted molar refractivity (Wildman–Crippen MR) is 83.6 cm³/mol. The molecule has 2 aromatic rings. The third-order valence-electron chi connectivity index (χ3n) is 2.55. The average molecular weight is 343 g/mol. The Morgan fingerprint density at radius 3 is 2.73 bits per heavy atom. The number of anilines is 2. The molecule has 3 N–H and O–H groups in total. The zero-order chi connectivity index (χ0) is 16.1. The minimum absolute atomic E-state index is 0.131. The minimum atomic E-state index is -0.582. The number of aromatic amines is 1. The van der Waals surface area contributed by atoms with Crippen LogP contribution in [-0.2, 0) is 4.74 Å². The molecule has 1 aromatic carbocycles. The van der Waals surface area contributed by atoms with Gasteiger partial charge < -0.3 is 10.1 Å². The highest BCUT2D eigenvalue weighted by molar-refractivity contribution is 6.42. The van der Waals surface area contributed by atoms with Crippen molar-refractivity contribution < 1.29 is 14.3 Å². The quantitative estimate of drug-likeness (QED) is 0.740. The van der Waals surface area contributed by atoms with Crippen molar-refractivity contribution in [3.63, 3.8) is 0 Å². The third-order valence-corrected chi connectivity index (χ3v) is 3.29. The number of halogens is 2. The van der Waals surface area contributed by atoms with Crippen LogP contribution in [0, 0.1) is 0 Å². The van der Waals surface area contributed by atoms with Crippen LogP contribution in [0.4, 0.5) is 16.3 Å². The van der Waals surface area contributed by atoms with Crippen LogP contribution in [0.3, 0.4) is 0 Å². The molecule has 116 valence electrons. The van der Waals surface area contributed by atoms with Crippen molar-refractivity contribution >= 4 is 46.7 Å². The number of hydrogen-bond acceptors (Lipinski definition) is 4. The molecule has 2 rings (SSSR count). The lowest BCUT2D eigenvalue weighted by Crippen LogP contribution is -2.21. The zero-order valence-corrected chi connectivity index (χ0v) is 13.0. The van der Waals surface area contributed by atoms with E-state index in [1.165, 1.54) is 12.3 Å². The molecule has 9 heteroatoms. The van der Waals surface area contributed by atoms with Gasteiger partial charge >= 0.3 is 12.0 Å². The summed E-state index contributed by atoms with van der Waals surface area (Å²) in [6.45, 7) is 1.90. The average Bonchev–Trinajstić information content (AvgIpc) is 2.91. The number of ether oxygens (including phenoxy) is 1. The smallest absolute Gasteiger partial charge is 0.343 e. The Hall–Kier alpha value is -2.25. The van der Waals surface area contributed by atoms with E-state index in [4.69, 9.17) is 27.9 Å². The molecule has 0 aliphatic heterocycles. The molecular formula is C13H12Cl2N4O3. The highest BCUT2D eigenvalue weighted by Crippen LogP contribution is 2.25. The Morgan fingerprint density at radius 1 is 1.27 bits per heavy atom. The molecule has 0 bridgehead atoms. The first-order valence-electron chi connectivity index (χ1n) is 6.24. The van der Waals surface area contributed by atoms with Gasteiger partial charge in [0.1, 0.15) is 11.4 Å². The Kier molecular flexibility index (Phi) is 5.24. The standard InChI is InChI=1S/C13H12Cl2N4O3/c1-2-22-12(20)8-6-16-19-11(8)18-13(21)17-7-3-4-9(14)10(15)5-7/h3-6H,2H2,1H3,(H3,16,17,18,19,21). The van der Waals surface area contributed by atoms with E-state index in [0.29, 0.717) is 15.7 Å². The molecule has 0 unspecified atom stereocenters. The molecule has 0 spiro atoms. The zero-order valence-electron chi connectivity index (χ0n) is 11.4. The lowest BCUT2D eigenvalue weighted by Gasteiger charge is -2.08. The van der Waals surface area contributed by atoms with Gasteiger partial charge in [-0.3, -0.25) is 10.4 Å². The van der Waals surface area contributed by atoms with E-state index in [-0.39, 0.29) is 18.0 Å². The van der Waals surface area contributed by atoms with Crippen molar-refractivity contribution in [1.29, 1.82) is 0 Å². The van der Waals surface area contributed by atoms with Gasteiger partial charge in [0, 0.05) is 5.69 Å². The number of urea groups is 1. The summed E-state index contributed by atoms with van der Waals surface area (Å²) >= 11 is 11.7. The lowest BCUT2D eigenvalue weighted by molar-refractivity contribution is 0.0527. The van der Waals surface area contributed by atoms with Crippen LogP contribution >= 0.6 is 23.2 Å². The predicted octanol–water partition coefficient (Wildman–Crippen LogP) is 3.54. The van der Waals surface area contributed by atoms with Crippen molar-refractivity contribution in [2.75, 3.05) is 17.2 Å². The molecule has 2 amide bonds. The molecule has 1 aromatic heterocycles. The summed E-state index contributed by atoms with van der Waals surface area (Å²) in [4.78, 5) is 23.6. The van der Waals surface area contributed by atoms with Gasteiger partial charge in [0.25, 0.3) is 0 Å². The highest BCUT2D eigenvalue weighted by atomic mass is 35.5. The summed E-state index contributed by atoms with van der Waals surface area (Å²) < 4.78 is 4.85. The van der Waals surface area contributed by atoms with E-state index in [1.807, 2.05) is 0 Å². The van der Waals surface area contributed by atoms with Crippen molar-refractivity contribution in [2.45, 2.75) is 6.92 Å². The number of esters is 1. The second-order valence-electron chi connectivity index (χ2n) is 4.09. The monoisotopic (exact) mass is 342 g/mol. The van der Waals surface area contributed by atoms with Gasteiger partial charge in [-0.15, -0.1) is 0 Å². The maximum Gasteiger partial charge on any atom is 0.343 e. The second kappa shape index (κ2) is 7.15. The summed E-state index contributed by atoms with van der Waals surface area (Å²) in [6.07, 6.45) is 1.27. The molecule has 7 nitrogen and oxygen atoms in total. The van der Waals surface area contributed by atoms with Crippen LogP contribution in [0.2, 0.25) is 10.0 Å². The largest absolute Gasteiger partial charge is 0.462 e. The van der Waals surface area contributed by atoms with Crippen molar-refractivity contribution in [3.8, 4) is 0 Å². The Labute approximate surface area is 135 Å². The van der Waals surface area contributed by atoms with E-state index < -0.39 is 12.0 Å². The molecule has 0 radical (unpaired) electrons. The fourth-order valence-corrected chi connectivity index (χ4v) is 1.89. The summed E-state index contributed by atoms with van der Waals surface area (Å²) in [5.41, 5.74) is 0.579. The normalized spacial score (nSPS) is 10.1. The Morgan fingerprint density at radius 2 is 2.05 bits per heavy atom. The van der Waals surface area contributed by atoms with E-state index in [2.05, 4.69) is 20.8 Å². The Bertz CT molecular complexity index is 702. The molecule has 0 aliphatic carbocycles. The number of hydrogen-bond donors (Lipinski definition) is 3. The first-order chi connectivity index (χ1) is 10.5. The molecule has 0 fully saturated rings. The van der Waals surface area contributed by atoms with Gasteiger partial charge in [-0.2, -0.15) is 5.10 Å². The number of rotatable bonds is 4. The fraction of sp³-hybridized carbons (Fsp3) is 0.154. The number of benzene rings is 1. The van der Waals surface area contributed by atoms with Gasteiger partial charge in [0.05, 0.1) is 22.8 Å². The van der Waals surface area contributed by atoms with Crippen LogP contribution in [0.1, 0.15) is 17.3 Å². The first kappa shape index (κ1) is 16.1. The molecule has 0 aliphatic rings. The molecule has 1 heterocycles. The van der Waals surface area contributed by atoms with Crippen molar-refractivity contribution in [3.05, 3.63) is 40.0 Å². The van der Waals surface area contributed by atoms with Crippen molar-refractivity contribution in [1.82, 2.24) is 10.2 Å². The van der Waals surface area contributed by atoms with Crippen LogP contribution in [0.15, 0.2) is 24.4 Å². The van der Waals surface area contributed by atoms with Crippen LogP contribution in [0.25, 0.3) is 0 Å². The third kappa shape index (κ3) is 3.90. The second-order valence-corrected chi connectivity index (χ2v) is 4.90. The van der Waals surface area contributed by atoms with Gasteiger partial charge in [-0.25, -0.2) is 9.59 Å². The SMILES string of the molecule is CCOC(=O)c1cn[nH]c1NC(=O)Nc1ccc(Cl)c(Cl)c1. The number of amides is 2. The van der Waals surface area contributed by atoms with Crippen LogP contribution in [0.5, 0.6) is 0 Å². The number of nitrogens with one attached hydrogen (secondary N) is 3. The van der Waals surface area contributed by atoms with E-state index in [9.17, 15) is 9.59 Å². The molecule has 0 saturated carbocycles.